The molecule has 0 heterocycles. The smallest absolute Gasteiger partial charge is 0.264 e. The third-order valence-corrected chi connectivity index (χ3v) is 8.63. The van der Waals surface area contributed by atoms with Crippen molar-refractivity contribution in [3.63, 3.8) is 0 Å². The van der Waals surface area contributed by atoms with E-state index < -0.39 is 40.0 Å². The van der Waals surface area contributed by atoms with E-state index in [0.29, 0.717) is 21.4 Å². The van der Waals surface area contributed by atoms with Crippen LogP contribution in [-0.2, 0) is 26.2 Å². The molecule has 1 N–H and O–H groups in total. The molecule has 3 aromatic carbocycles. The van der Waals surface area contributed by atoms with Gasteiger partial charge in [0.25, 0.3) is 10.0 Å². The molecule has 3 aromatic rings. The molecule has 41 heavy (non-hydrogen) atoms. The Morgan fingerprint density at radius 1 is 1.00 bits per heavy atom. The maximum Gasteiger partial charge on any atom is 0.264 e. The van der Waals surface area contributed by atoms with Crippen LogP contribution in [0, 0.1) is 6.92 Å². The Hall–Kier alpha value is -3.27. The molecule has 0 aliphatic carbocycles. The second-order valence-corrected chi connectivity index (χ2v) is 13.4. The van der Waals surface area contributed by atoms with Gasteiger partial charge in [0, 0.05) is 28.2 Å². The van der Waals surface area contributed by atoms with Crippen LogP contribution in [0.3, 0.4) is 0 Å². The van der Waals surface area contributed by atoms with E-state index >= 15 is 0 Å². The number of aryl methyl sites for hydroxylation is 1. The van der Waals surface area contributed by atoms with Crippen LogP contribution in [0.25, 0.3) is 0 Å². The van der Waals surface area contributed by atoms with Crippen LogP contribution < -0.4 is 14.4 Å². The van der Waals surface area contributed by atoms with E-state index in [4.69, 9.17) is 27.9 Å². The van der Waals surface area contributed by atoms with Crippen molar-refractivity contribution in [1.29, 1.82) is 0 Å². The minimum Gasteiger partial charge on any atom is -0.497 e. The maximum atomic E-state index is 14.0. The SMILES string of the molecule is COc1cccc(N(CC(=O)N(Cc2ccc(Cl)cc2Cl)[C@H](C)C(=O)NC(C)(C)C)S(=O)(=O)c2ccc(C)cc2)c1. The van der Waals surface area contributed by atoms with Gasteiger partial charge in [0.05, 0.1) is 17.7 Å². The van der Waals surface area contributed by atoms with Crippen molar-refractivity contribution in [2.75, 3.05) is 18.0 Å². The van der Waals surface area contributed by atoms with E-state index in [1.54, 1.807) is 55.5 Å². The van der Waals surface area contributed by atoms with Gasteiger partial charge >= 0.3 is 0 Å². The van der Waals surface area contributed by atoms with Crippen molar-refractivity contribution >= 4 is 50.7 Å². The lowest BCUT2D eigenvalue weighted by molar-refractivity contribution is -0.140. The molecule has 0 fully saturated rings. The van der Waals surface area contributed by atoms with Gasteiger partial charge in [-0.2, -0.15) is 0 Å². The fourth-order valence-electron chi connectivity index (χ4n) is 4.02. The zero-order valence-electron chi connectivity index (χ0n) is 23.9. The predicted octanol–water partition coefficient (Wildman–Crippen LogP) is 5.84. The largest absolute Gasteiger partial charge is 0.497 e. The number of rotatable bonds is 10. The first kappa shape index (κ1) is 32.2. The van der Waals surface area contributed by atoms with Crippen LogP contribution in [0.15, 0.2) is 71.6 Å². The molecule has 8 nitrogen and oxygen atoms in total. The normalized spacial score (nSPS) is 12.4. The maximum absolute atomic E-state index is 14.0. The summed E-state index contributed by atoms with van der Waals surface area (Å²) >= 11 is 12.5. The number of ether oxygens (including phenoxy) is 1. The number of amides is 2. The lowest BCUT2D eigenvalue weighted by Crippen LogP contribution is -2.54. The molecule has 11 heteroatoms. The van der Waals surface area contributed by atoms with Gasteiger partial charge < -0.3 is 15.0 Å². The first-order valence-electron chi connectivity index (χ1n) is 12.9. The Balaban J connectivity index is 2.08. The summed E-state index contributed by atoms with van der Waals surface area (Å²) in [6.07, 6.45) is 0. The predicted molar refractivity (Wildman–Crippen MR) is 163 cm³/mol. The molecule has 0 saturated heterocycles. The van der Waals surface area contributed by atoms with Gasteiger partial charge in [0.15, 0.2) is 0 Å². The zero-order valence-corrected chi connectivity index (χ0v) is 26.3. The highest BCUT2D eigenvalue weighted by Crippen LogP contribution is 2.29. The molecule has 2 amide bonds. The summed E-state index contributed by atoms with van der Waals surface area (Å²) in [5.41, 5.74) is 1.11. The average molecular weight is 621 g/mol. The number of hydrogen-bond acceptors (Lipinski definition) is 5. The molecule has 0 aliphatic rings. The molecule has 0 saturated carbocycles. The number of carbonyl (C=O) groups excluding carboxylic acids is 2. The lowest BCUT2D eigenvalue weighted by Gasteiger charge is -2.33. The van der Waals surface area contributed by atoms with Crippen LogP contribution in [0.2, 0.25) is 10.0 Å². The second kappa shape index (κ2) is 13.1. The van der Waals surface area contributed by atoms with Gasteiger partial charge in [-0.05, 0) is 76.6 Å². The second-order valence-electron chi connectivity index (χ2n) is 10.7. The molecular weight excluding hydrogens is 585 g/mol. The Kier molecular flexibility index (Phi) is 10.3. The van der Waals surface area contributed by atoms with E-state index in [2.05, 4.69) is 5.32 Å². The summed E-state index contributed by atoms with van der Waals surface area (Å²) in [6, 6.07) is 16.7. The number of carbonyl (C=O) groups is 2. The third-order valence-electron chi connectivity index (χ3n) is 6.25. The van der Waals surface area contributed by atoms with Crippen LogP contribution in [0.4, 0.5) is 5.69 Å². The number of hydrogen-bond donors (Lipinski definition) is 1. The summed E-state index contributed by atoms with van der Waals surface area (Å²) in [4.78, 5) is 28.6. The van der Waals surface area contributed by atoms with Crippen LogP contribution >= 0.6 is 23.2 Å². The fraction of sp³-hybridized carbons (Fsp3) is 0.333. The molecule has 220 valence electrons. The quantitative estimate of drug-likeness (QED) is 0.308. The van der Waals surface area contributed by atoms with Gasteiger partial charge in [0.2, 0.25) is 11.8 Å². The Labute approximate surface area is 252 Å². The van der Waals surface area contributed by atoms with Crippen molar-refractivity contribution in [2.24, 2.45) is 0 Å². The van der Waals surface area contributed by atoms with E-state index in [0.717, 1.165) is 9.87 Å². The summed E-state index contributed by atoms with van der Waals surface area (Å²) in [5.74, 6) is -0.585. The highest BCUT2D eigenvalue weighted by atomic mass is 35.5. The summed E-state index contributed by atoms with van der Waals surface area (Å²) < 4.78 is 34.2. The minimum atomic E-state index is -4.20. The summed E-state index contributed by atoms with van der Waals surface area (Å²) in [5, 5.41) is 3.63. The molecule has 0 radical (unpaired) electrons. The molecular formula is C30H35Cl2N3O5S. The van der Waals surface area contributed by atoms with Gasteiger partial charge in [-0.1, -0.05) is 53.0 Å². The number of nitrogens with one attached hydrogen (secondary N) is 1. The van der Waals surface area contributed by atoms with Crippen molar-refractivity contribution in [3.8, 4) is 5.75 Å². The summed E-state index contributed by atoms with van der Waals surface area (Å²) in [7, 11) is -2.73. The minimum absolute atomic E-state index is 0.0181. The average Bonchev–Trinajstić information content (AvgIpc) is 2.90. The molecule has 0 bridgehead atoms. The number of anilines is 1. The van der Waals surface area contributed by atoms with Crippen molar-refractivity contribution in [1.82, 2.24) is 10.2 Å². The Bertz CT molecular complexity index is 1510. The number of methoxy groups -OCH3 is 1. The number of benzene rings is 3. The van der Waals surface area contributed by atoms with Gasteiger partial charge in [0.1, 0.15) is 18.3 Å². The van der Waals surface area contributed by atoms with Crippen molar-refractivity contribution in [3.05, 3.63) is 87.9 Å². The highest BCUT2D eigenvalue weighted by Gasteiger charge is 2.33. The van der Waals surface area contributed by atoms with Crippen LogP contribution in [0.1, 0.15) is 38.8 Å². The van der Waals surface area contributed by atoms with Gasteiger partial charge in [-0.3, -0.25) is 13.9 Å². The van der Waals surface area contributed by atoms with Gasteiger partial charge in [-0.15, -0.1) is 0 Å². The van der Waals surface area contributed by atoms with Crippen LogP contribution in [0.5, 0.6) is 5.75 Å². The molecule has 3 rings (SSSR count). The Morgan fingerprint density at radius 2 is 1.66 bits per heavy atom. The first-order chi connectivity index (χ1) is 19.1. The number of nitrogens with zero attached hydrogens (tertiary/aromatic N) is 2. The topological polar surface area (TPSA) is 96.0 Å². The lowest BCUT2D eigenvalue weighted by atomic mass is 10.1. The molecule has 0 unspecified atom stereocenters. The fourth-order valence-corrected chi connectivity index (χ4v) is 5.90. The van der Waals surface area contributed by atoms with E-state index in [9.17, 15) is 18.0 Å². The molecule has 1 atom stereocenters. The third kappa shape index (κ3) is 8.38. The molecule has 0 spiro atoms. The number of sulfonamides is 1. The van der Waals surface area contributed by atoms with Gasteiger partial charge in [-0.25, -0.2) is 8.42 Å². The summed E-state index contributed by atoms with van der Waals surface area (Å²) in [6.45, 7) is 8.30. The highest BCUT2D eigenvalue weighted by molar-refractivity contribution is 7.92. The van der Waals surface area contributed by atoms with E-state index in [1.165, 1.54) is 30.2 Å². The van der Waals surface area contributed by atoms with Crippen molar-refractivity contribution < 1.29 is 22.7 Å². The molecule has 0 aliphatic heterocycles. The monoisotopic (exact) mass is 619 g/mol. The zero-order chi connectivity index (χ0) is 30.5. The number of halogens is 2. The standard InChI is InChI=1S/C30H35Cl2N3O5S/c1-20-10-14-26(15-11-20)41(38,39)35(24-8-7-9-25(17-24)40-6)19-28(36)34(21(2)29(37)33-30(3,4)5)18-22-12-13-23(31)16-27(22)32/h7-17,21H,18-19H2,1-6H3,(H,33,37)/t21-/m1/s1. The van der Waals surface area contributed by atoms with Crippen LogP contribution in [-0.4, -0.2) is 50.4 Å². The first-order valence-corrected chi connectivity index (χ1v) is 15.1. The van der Waals surface area contributed by atoms with E-state index in [1.807, 2.05) is 27.7 Å². The van der Waals surface area contributed by atoms with E-state index in [-0.39, 0.29) is 17.1 Å². The molecule has 0 aromatic heterocycles. The van der Waals surface area contributed by atoms with Crippen molar-refractivity contribution in [2.45, 2.75) is 57.6 Å². The Morgan fingerprint density at radius 3 is 2.24 bits per heavy atom.